The van der Waals surface area contributed by atoms with Crippen LogP contribution < -0.4 is 52.6 Å². The molecule has 258 valence electrons. The van der Waals surface area contributed by atoms with E-state index in [0.29, 0.717) is 26.3 Å². The number of benzene rings is 5. The van der Waals surface area contributed by atoms with Gasteiger partial charge in [-0.15, -0.1) is 9.36 Å². The van der Waals surface area contributed by atoms with Gasteiger partial charge in [0.05, 0.1) is 0 Å². The van der Waals surface area contributed by atoms with Gasteiger partial charge in [-0.25, -0.2) is 17.9 Å². The minimum atomic E-state index is -1.81. The fraction of sp³-hybridized carbons (Fsp3) is 0.189. The van der Waals surface area contributed by atoms with Gasteiger partial charge >= 0.3 is 0 Å². The van der Waals surface area contributed by atoms with E-state index in [1.54, 1.807) is 25.3 Å². The van der Waals surface area contributed by atoms with E-state index < -0.39 is 17.2 Å². The van der Waals surface area contributed by atoms with E-state index in [2.05, 4.69) is 22.3 Å². The third-order valence-electron chi connectivity index (χ3n) is 8.22. The number of hydrogen-bond donors (Lipinski definition) is 1. The van der Waals surface area contributed by atoms with Gasteiger partial charge in [-0.3, -0.25) is 0 Å². The second-order valence-electron chi connectivity index (χ2n) is 11.7. The van der Waals surface area contributed by atoms with Crippen molar-refractivity contribution < 1.29 is 66.5 Å². The average molecular weight is 809 g/mol. The summed E-state index contributed by atoms with van der Waals surface area (Å²) in [5.74, 6) is -0.0606. The van der Waals surface area contributed by atoms with Crippen LogP contribution in [-0.2, 0) is 31.8 Å². The summed E-state index contributed by atoms with van der Waals surface area (Å²) in [5, 5.41) is 25.2. The lowest BCUT2D eigenvalue weighted by molar-refractivity contribution is -0.698. The van der Waals surface area contributed by atoms with Crippen molar-refractivity contribution in [2.45, 2.75) is 31.8 Å². The van der Waals surface area contributed by atoms with Crippen LogP contribution in [0.1, 0.15) is 5.56 Å². The van der Waals surface area contributed by atoms with Gasteiger partial charge in [-0.1, -0.05) is 66.7 Å². The fourth-order valence-corrected chi connectivity index (χ4v) is 5.80. The molecule has 0 atom stereocenters. The summed E-state index contributed by atoms with van der Waals surface area (Å²) in [6, 6.07) is 31.2. The predicted molar refractivity (Wildman–Crippen MR) is 174 cm³/mol. The number of ether oxygens (including phenoxy) is 2. The molecule has 0 aliphatic carbocycles. The molecular weight excluding hydrogens is 774 g/mol. The summed E-state index contributed by atoms with van der Waals surface area (Å²) in [6.45, 7) is 1.55. The highest BCUT2D eigenvalue weighted by atomic mass is 79.9. The molecule has 2 heterocycles. The molecule has 0 radical (unpaired) electrons. The monoisotopic (exact) mass is 806 g/mol. The normalized spacial score (nSPS) is 11.3. The third-order valence-corrected chi connectivity index (χ3v) is 8.22. The molecule has 7 rings (SSSR count). The Morgan fingerprint density at radius 2 is 1.10 bits per heavy atom. The maximum absolute atomic E-state index is 15.1. The van der Waals surface area contributed by atoms with Gasteiger partial charge < -0.3 is 48.5 Å². The Labute approximate surface area is 308 Å². The van der Waals surface area contributed by atoms with Crippen molar-refractivity contribution in [2.24, 2.45) is 0 Å². The molecule has 1 N–H and O–H groups in total. The second kappa shape index (κ2) is 16.3. The van der Waals surface area contributed by atoms with Crippen molar-refractivity contribution in [1.82, 2.24) is 19.6 Å². The molecule has 0 aliphatic heterocycles. The zero-order valence-corrected chi connectivity index (χ0v) is 30.0. The van der Waals surface area contributed by atoms with Gasteiger partial charge in [0, 0.05) is 21.8 Å². The van der Waals surface area contributed by atoms with Crippen LogP contribution in [0.4, 0.5) is 8.78 Å². The maximum Gasteiger partial charge on any atom is 0.265 e. The summed E-state index contributed by atoms with van der Waals surface area (Å²) in [7, 11) is 0. The first kappa shape index (κ1) is 36.6. The number of aliphatic hydroxyl groups is 1. The van der Waals surface area contributed by atoms with Crippen LogP contribution in [0.15, 0.2) is 128 Å². The SMILES string of the molecule is OC(Cn1c[n+](CCOc2ccc3ccccc3c2)cn1)(Cn1c[n+](CCOc2ccc3ccccc3c2)cn1)c1ccc(F)cc1F.[Br-].[Br-]. The average Bonchev–Trinajstić information content (AvgIpc) is 3.73. The lowest BCUT2D eigenvalue weighted by Gasteiger charge is -2.24. The highest BCUT2D eigenvalue weighted by molar-refractivity contribution is 5.84. The molecular formula is C37H34Br2F2N6O3. The number of aromatic nitrogens is 6. The van der Waals surface area contributed by atoms with Crippen LogP contribution in [0.3, 0.4) is 0 Å². The van der Waals surface area contributed by atoms with Gasteiger partial charge in [-0.2, -0.15) is 0 Å². The Bertz CT molecular complexity index is 2070. The van der Waals surface area contributed by atoms with Gasteiger partial charge in [0.1, 0.15) is 62.5 Å². The molecule has 0 aliphatic rings. The van der Waals surface area contributed by atoms with E-state index in [1.807, 2.05) is 81.9 Å². The summed E-state index contributed by atoms with van der Waals surface area (Å²) in [5.41, 5.74) is -1.87. The minimum absolute atomic E-state index is 0. The van der Waals surface area contributed by atoms with Crippen molar-refractivity contribution in [3.05, 3.63) is 146 Å². The molecule has 0 fully saturated rings. The number of hydrogen-bond acceptors (Lipinski definition) is 5. The van der Waals surface area contributed by atoms with E-state index in [1.165, 1.54) is 15.4 Å². The molecule has 7 aromatic rings. The van der Waals surface area contributed by atoms with E-state index >= 15 is 4.39 Å². The first-order chi connectivity index (χ1) is 23.4. The van der Waals surface area contributed by atoms with E-state index in [0.717, 1.165) is 45.2 Å². The van der Waals surface area contributed by atoms with Crippen molar-refractivity contribution >= 4 is 21.5 Å². The highest BCUT2D eigenvalue weighted by Gasteiger charge is 2.39. The minimum Gasteiger partial charge on any atom is -1.00 e. The van der Waals surface area contributed by atoms with Gasteiger partial charge in [-0.05, 0) is 51.9 Å². The zero-order valence-electron chi connectivity index (χ0n) is 26.8. The molecule has 0 unspecified atom stereocenters. The van der Waals surface area contributed by atoms with Crippen molar-refractivity contribution in [1.29, 1.82) is 0 Å². The standard InChI is InChI=1S/C37H34F2N6O3.2BrH/c38-32-11-14-35(36(39)21-32)37(46,22-44-26-42(24-40-44)15-17-47-33-12-9-28-5-1-3-7-30(28)19-33)23-45-27-43(25-41-45)16-18-48-34-13-10-29-6-2-4-8-31(29)20-34;;/h1-14,19-21,24-27,46H,15-18,22-23H2;2*1H/q+2;;/p-2. The van der Waals surface area contributed by atoms with Crippen molar-refractivity contribution in [3.8, 4) is 11.5 Å². The molecule has 0 amide bonds. The highest BCUT2D eigenvalue weighted by Crippen LogP contribution is 2.28. The summed E-state index contributed by atoms with van der Waals surface area (Å²) < 4.78 is 47.6. The first-order valence-corrected chi connectivity index (χ1v) is 15.6. The van der Waals surface area contributed by atoms with Crippen LogP contribution in [0, 0.1) is 11.6 Å². The third kappa shape index (κ3) is 8.70. The topological polar surface area (TPSA) is 82.1 Å². The van der Waals surface area contributed by atoms with Gasteiger partial charge in [0.25, 0.3) is 12.7 Å². The Hall–Kier alpha value is -4.72. The fourth-order valence-electron chi connectivity index (χ4n) is 5.80. The smallest absolute Gasteiger partial charge is 0.265 e. The van der Waals surface area contributed by atoms with E-state index in [4.69, 9.17) is 9.47 Å². The van der Waals surface area contributed by atoms with Crippen molar-refractivity contribution in [2.75, 3.05) is 13.2 Å². The van der Waals surface area contributed by atoms with Crippen LogP contribution >= 0.6 is 0 Å². The number of fused-ring (bicyclic) bond motifs is 2. The molecule has 5 aromatic carbocycles. The first-order valence-electron chi connectivity index (χ1n) is 15.6. The Balaban J connectivity index is 0.00000243. The number of halogens is 4. The Morgan fingerprint density at radius 3 is 1.58 bits per heavy atom. The molecule has 50 heavy (non-hydrogen) atoms. The van der Waals surface area contributed by atoms with Crippen LogP contribution in [0.2, 0.25) is 0 Å². The summed E-state index contributed by atoms with van der Waals surface area (Å²) >= 11 is 0. The Morgan fingerprint density at radius 1 is 0.620 bits per heavy atom. The van der Waals surface area contributed by atoms with Crippen LogP contribution in [0.25, 0.3) is 21.5 Å². The van der Waals surface area contributed by atoms with Crippen molar-refractivity contribution in [3.63, 3.8) is 0 Å². The number of nitrogens with zero attached hydrogens (tertiary/aromatic N) is 6. The molecule has 9 nitrogen and oxygen atoms in total. The van der Waals surface area contributed by atoms with E-state index in [9.17, 15) is 9.50 Å². The second-order valence-corrected chi connectivity index (χ2v) is 11.7. The molecule has 13 heteroatoms. The Kier molecular flexibility index (Phi) is 11.9. The molecule has 0 bridgehead atoms. The molecule has 0 saturated heterocycles. The zero-order chi connectivity index (χ0) is 32.9. The lowest BCUT2D eigenvalue weighted by atomic mass is 9.93. The maximum atomic E-state index is 15.1. The molecule has 2 aromatic heterocycles. The number of rotatable bonds is 13. The van der Waals surface area contributed by atoms with Gasteiger partial charge in [0.2, 0.25) is 12.7 Å². The summed E-state index contributed by atoms with van der Waals surface area (Å²) in [4.78, 5) is 0. The largest absolute Gasteiger partial charge is 1.00 e. The lowest BCUT2D eigenvalue weighted by Crippen LogP contribution is -3.00. The van der Waals surface area contributed by atoms with Crippen LogP contribution in [-0.4, -0.2) is 37.9 Å². The van der Waals surface area contributed by atoms with Gasteiger partial charge in [0.15, 0.2) is 5.60 Å². The van der Waals surface area contributed by atoms with E-state index in [-0.39, 0.29) is 52.6 Å². The summed E-state index contributed by atoms with van der Waals surface area (Å²) in [6.07, 6.45) is 6.65. The molecule has 0 saturated carbocycles. The predicted octanol–water partition coefficient (Wildman–Crippen LogP) is -1.01. The molecule has 0 spiro atoms. The van der Waals surface area contributed by atoms with Crippen LogP contribution in [0.5, 0.6) is 11.5 Å². The quantitative estimate of drug-likeness (QED) is 0.151.